The molecule has 3 rings (SSSR count). The SMILES string of the molecule is O=C(c1cccc(F)c1Cl)c1c[nH]c2cc(Cl)ccc12. The van der Waals surface area contributed by atoms with Crippen LogP contribution < -0.4 is 0 Å². The highest BCUT2D eigenvalue weighted by Gasteiger charge is 2.18. The molecule has 0 radical (unpaired) electrons. The molecule has 0 atom stereocenters. The molecule has 1 heterocycles. The van der Waals surface area contributed by atoms with Crippen LogP contribution in [0.3, 0.4) is 0 Å². The number of aromatic nitrogens is 1. The highest BCUT2D eigenvalue weighted by atomic mass is 35.5. The number of H-pyrrole nitrogens is 1. The van der Waals surface area contributed by atoms with Gasteiger partial charge in [0.15, 0.2) is 5.78 Å². The maximum absolute atomic E-state index is 13.4. The highest BCUT2D eigenvalue weighted by Crippen LogP contribution is 2.27. The van der Waals surface area contributed by atoms with E-state index in [4.69, 9.17) is 23.2 Å². The molecule has 0 saturated heterocycles. The van der Waals surface area contributed by atoms with Gasteiger partial charge in [-0.25, -0.2) is 4.39 Å². The minimum atomic E-state index is -0.611. The molecule has 0 spiro atoms. The van der Waals surface area contributed by atoms with E-state index in [0.29, 0.717) is 10.6 Å². The van der Waals surface area contributed by atoms with Crippen molar-refractivity contribution in [3.63, 3.8) is 0 Å². The Morgan fingerprint density at radius 3 is 2.70 bits per heavy atom. The molecule has 0 fully saturated rings. The van der Waals surface area contributed by atoms with Crippen molar-refractivity contribution < 1.29 is 9.18 Å². The normalized spacial score (nSPS) is 10.9. The molecule has 20 heavy (non-hydrogen) atoms. The van der Waals surface area contributed by atoms with E-state index in [9.17, 15) is 9.18 Å². The number of ketones is 1. The van der Waals surface area contributed by atoms with Crippen LogP contribution in [0.5, 0.6) is 0 Å². The van der Waals surface area contributed by atoms with Crippen LogP contribution >= 0.6 is 23.2 Å². The molecule has 100 valence electrons. The molecule has 2 nitrogen and oxygen atoms in total. The zero-order valence-electron chi connectivity index (χ0n) is 10.1. The minimum absolute atomic E-state index is 0.141. The lowest BCUT2D eigenvalue weighted by Gasteiger charge is -2.03. The van der Waals surface area contributed by atoms with Crippen molar-refractivity contribution in [2.45, 2.75) is 0 Å². The van der Waals surface area contributed by atoms with Crippen LogP contribution in [0.25, 0.3) is 10.9 Å². The number of carbonyl (C=O) groups is 1. The maximum atomic E-state index is 13.4. The molecule has 0 bridgehead atoms. The number of fused-ring (bicyclic) bond motifs is 1. The van der Waals surface area contributed by atoms with Gasteiger partial charge in [0.25, 0.3) is 0 Å². The molecule has 0 amide bonds. The van der Waals surface area contributed by atoms with Gasteiger partial charge < -0.3 is 4.98 Å². The van der Waals surface area contributed by atoms with Crippen molar-refractivity contribution in [3.8, 4) is 0 Å². The number of hydrogen-bond donors (Lipinski definition) is 1. The smallest absolute Gasteiger partial charge is 0.196 e. The second-order valence-electron chi connectivity index (χ2n) is 4.32. The summed E-state index contributed by atoms with van der Waals surface area (Å²) in [7, 11) is 0. The molecule has 2 aromatic carbocycles. The molecular formula is C15H8Cl2FNO. The lowest BCUT2D eigenvalue weighted by atomic mass is 10.0. The molecule has 0 saturated carbocycles. The van der Waals surface area contributed by atoms with Crippen LogP contribution in [0, 0.1) is 5.82 Å². The van der Waals surface area contributed by atoms with Crippen LogP contribution in [0.4, 0.5) is 4.39 Å². The van der Waals surface area contributed by atoms with Crippen molar-refractivity contribution in [1.29, 1.82) is 0 Å². The monoisotopic (exact) mass is 307 g/mol. The van der Waals surface area contributed by atoms with E-state index in [0.717, 1.165) is 10.9 Å². The fraction of sp³-hybridized carbons (Fsp3) is 0. The maximum Gasteiger partial charge on any atom is 0.196 e. The number of halogens is 3. The lowest BCUT2D eigenvalue weighted by molar-refractivity contribution is 0.104. The Bertz CT molecular complexity index is 826. The standard InChI is InChI=1S/C15H8Cl2FNO/c16-8-4-5-9-11(7-19-13(9)6-8)15(20)10-2-1-3-12(18)14(10)17/h1-7,19H. The Kier molecular flexibility index (Phi) is 3.24. The minimum Gasteiger partial charge on any atom is -0.360 e. The zero-order chi connectivity index (χ0) is 14.3. The van der Waals surface area contributed by atoms with Crippen LogP contribution in [-0.4, -0.2) is 10.8 Å². The number of nitrogens with one attached hydrogen (secondary N) is 1. The summed E-state index contributed by atoms with van der Waals surface area (Å²) in [6.45, 7) is 0. The third-order valence-corrected chi connectivity index (χ3v) is 3.70. The molecule has 0 unspecified atom stereocenters. The average molecular weight is 308 g/mol. The summed E-state index contributed by atoms with van der Waals surface area (Å²) in [4.78, 5) is 15.4. The predicted octanol–water partition coefficient (Wildman–Crippen LogP) is 4.84. The van der Waals surface area contributed by atoms with E-state index >= 15 is 0 Å². The molecule has 0 aliphatic carbocycles. The largest absolute Gasteiger partial charge is 0.360 e. The topological polar surface area (TPSA) is 32.9 Å². The van der Waals surface area contributed by atoms with Gasteiger partial charge >= 0.3 is 0 Å². The van der Waals surface area contributed by atoms with E-state index in [1.807, 2.05) is 0 Å². The van der Waals surface area contributed by atoms with Gasteiger partial charge in [-0.05, 0) is 24.3 Å². The Labute approximate surface area is 124 Å². The first-order valence-electron chi connectivity index (χ1n) is 5.83. The van der Waals surface area contributed by atoms with Gasteiger partial charge in [0.05, 0.1) is 5.02 Å². The Balaban J connectivity index is 2.16. The molecule has 3 aromatic rings. The molecule has 5 heteroatoms. The Hall–Kier alpha value is -1.84. The molecule has 1 N–H and O–H groups in total. The van der Waals surface area contributed by atoms with Crippen molar-refractivity contribution in [2.24, 2.45) is 0 Å². The van der Waals surface area contributed by atoms with Gasteiger partial charge in [0.1, 0.15) is 5.82 Å². The van der Waals surface area contributed by atoms with Crippen molar-refractivity contribution in [1.82, 2.24) is 4.98 Å². The summed E-state index contributed by atoms with van der Waals surface area (Å²) in [5, 5.41) is 1.13. The number of aromatic amines is 1. The van der Waals surface area contributed by atoms with Crippen molar-refractivity contribution in [2.75, 3.05) is 0 Å². The molecule has 1 aromatic heterocycles. The fourth-order valence-corrected chi connectivity index (χ4v) is 2.49. The van der Waals surface area contributed by atoms with Gasteiger partial charge in [0, 0.05) is 33.2 Å². The van der Waals surface area contributed by atoms with Gasteiger partial charge in [-0.15, -0.1) is 0 Å². The molecule has 0 aliphatic rings. The van der Waals surface area contributed by atoms with Gasteiger partial charge in [0.2, 0.25) is 0 Å². The summed E-state index contributed by atoms with van der Waals surface area (Å²) in [5.41, 5.74) is 1.32. The van der Waals surface area contributed by atoms with Crippen molar-refractivity contribution in [3.05, 3.63) is 69.6 Å². The quantitative estimate of drug-likeness (QED) is 0.675. The first kappa shape index (κ1) is 13.2. The van der Waals surface area contributed by atoms with E-state index in [-0.39, 0.29) is 16.4 Å². The second-order valence-corrected chi connectivity index (χ2v) is 5.14. The summed E-state index contributed by atoms with van der Waals surface area (Å²) in [6, 6.07) is 9.34. The third kappa shape index (κ3) is 2.09. The van der Waals surface area contributed by atoms with Crippen LogP contribution in [0.15, 0.2) is 42.6 Å². The summed E-state index contributed by atoms with van der Waals surface area (Å²) in [5.74, 6) is -0.941. The Morgan fingerprint density at radius 2 is 1.90 bits per heavy atom. The van der Waals surface area contributed by atoms with Gasteiger partial charge in [-0.2, -0.15) is 0 Å². The van der Waals surface area contributed by atoms with E-state index < -0.39 is 5.82 Å². The molecular weight excluding hydrogens is 300 g/mol. The third-order valence-electron chi connectivity index (χ3n) is 3.08. The van der Waals surface area contributed by atoms with Crippen LogP contribution in [0.2, 0.25) is 10.0 Å². The first-order valence-corrected chi connectivity index (χ1v) is 6.59. The zero-order valence-corrected chi connectivity index (χ0v) is 11.6. The first-order chi connectivity index (χ1) is 9.58. The predicted molar refractivity (Wildman–Crippen MR) is 78.2 cm³/mol. The average Bonchev–Trinajstić information content (AvgIpc) is 2.84. The number of rotatable bonds is 2. The van der Waals surface area contributed by atoms with E-state index in [1.54, 1.807) is 24.4 Å². The van der Waals surface area contributed by atoms with Crippen LogP contribution in [0.1, 0.15) is 15.9 Å². The van der Waals surface area contributed by atoms with E-state index in [2.05, 4.69) is 4.98 Å². The van der Waals surface area contributed by atoms with Crippen molar-refractivity contribution >= 4 is 39.9 Å². The summed E-state index contributed by atoms with van der Waals surface area (Å²) < 4.78 is 13.4. The van der Waals surface area contributed by atoms with Gasteiger partial charge in [-0.1, -0.05) is 35.3 Å². The van der Waals surface area contributed by atoms with Gasteiger partial charge in [-0.3, -0.25) is 4.79 Å². The molecule has 0 aliphatic heterocycles. The Morgan fingerprint density at radius 1 is 1.10 bits per heavy atom. The summed E-state index contributed by atoms with van der Waals surface area (Å²) in [6.07, 6.45) is 1.57. The fourth-order valence-electron chi connectivity index (χ4n) is 2.11. The summed E-state index contributed by atoms with van der Waals surface area (Å²) >= 11 is 11.7. The number of hydrogen-bond acceptors (Lipinski definition) is 1. The number of benzene rings is 2. The number of carbonyl (C=O) groups excluding carboxylic acids is 1. The lowest BCUT2D eigenvalue weighted by Crippen LogP contribution is -2.02. The second kappa shape index (κ2) is 4.93. The van der Waals surface area contributed by atoms with E-state index in [1.165, 1.54) is 18.2 Å². The highest BCUT2D eigenvalue weighted by molar-refractivity contribution is 6.36. The van der Waals surface area contributed by atoms with Crippen LogP contribution in [-0.2, 0) is 0 Å².